The fourth-order valence-corrected chi connectivity index (χ4v) is 3.73. The molecule has 0 spiro atoms. The second kappa shape index (κ2) is 8.78. The maximum atomic E-state index is 12.1. The van der Waals surface area contributed by atoms with E-state index in [1.165, 1.54) is 0 Å². The van der Waals surface area contributed by atoms with Gasteiger partial charge in [0, 0.05) is 28.5 Å². The molecular formula is C23H19Cl2N3O2. The molecule has 4 aromatic rings. The third-order valence-corrected chi connectivity index (χ3v) is 5.32. The Labute approximate surface area is 183 Å². The number of hydrogen-bond acceptors (Lipinski definition) is 3. The van der Waals surface area contributed by atoms with Gasteiger partial charge in [0.25, 0.3) is 5.91 Å². The number of primary amides is 1. The van der Waals surface area contributed by atoms with Crippen LogP contribution in [0.1, 0.15) is 33.1 Å². The number of benzene rings is 2. The van der Waals surface area contributed by atoms with E-state index in [0.29, 0.717) is 46.3 Å². The summed E-state index contributed by atoms with van der Waals surface area (Å²) in [5, 5.41) is 8.61. The molecule has 2 aromatic heterocycles. The van der Waals surface area contributed by atoms with Crippen LogP contribution in [0.25, 0.3) is 11.3 Å². The van der Waals surface area contributed by atoms with E-state index in [1.807, 2.05) is 54.6 Å². The van der Waals surface area contributed by atoms with E-state index >= 15 is 0 Å². The van der Waals surface area contributed by atoms with Crippen LogP contribution in [-0.4, -0.2) is 16.1 Å². The molecule has 0 fully saturated rings. The molecule has 5 nitrogen and oxygen atoms in total. The van der Waals surface area contributed by atoms with Crippen LogP contribution in [0.2, 0.25) is 10.0 Å². The number of carbonyl (C=O) groups excluding carboxylic acids is 1. The molecule has 30 heavy (non-hydrogen) atoms. The fraction of sp³-hybridized carbons (Fsp3) is 0.130. The summed E-state index contributed by atoms with van der Waals surface area (Å²) < 4.78 is 5.94. The van der Waals surface area contributed by atoms with Crippen molar-refractivity contribution in [1.29, 1.82) is 0 Å². The number of nitrogens with zero attached hydrogens (tertiary/aromatic N) is 1. The minimum Gasteiger partial charge on any atom is -0.461 e. The lowest BCUT2D eigenvalue weighted by Gasteiger charge is -2.03. The summed E-state index contributed by atoms with van der Waals surface area (Å²) >= 11 is 12.0. The first-order valence-electron chi connectivity index (χ1n) is 9.44. The van der Waals surface area contributed by atoms with Crippen LogP contribution < -0.4 is 5.73 Å². The lowest BCUT2D eigenvalue weighted by atomic mass is 10.0. The summed E-state index contributed by atoms with van der Waals surface area (Å²) in [6.07, 6.45) is 1.61. The van der Waals surface area contributed by atoms with Gasteiger partial charge in [-0.2, -0.15) is 5.10 Å². The molecule has 1 amide bonds. The lowest BCUT2D eigenvalue weighted by molar-refractivity contribution is 0.0998. The lowest BCUT2D eigenvalue weighted by Crippen LogP contribution is -2.15. The number of aromatic amines is 1. The van der Waals surface area contributed by atoms with E-state index in [-0.39, 0.29) is 0 Å². The zero-order valence-corrected chi connectivity index (χ0v) is 17.5. The molecule has 0 aliphatic rings. The Bertz CT molecular complexity index is 1180. The summed E-state index contributed by atoms with van der Waals surface area (Å²) in [5.41, 5.74) is 9.31. The molecule has 0 aliphatic heterocycles. The van der Waals surface area contributed by atoms with Gasteiger partial charge < -0.3 is 10.2 Å². The topological polar surface area (TPSA) is 84.9 Å². The predicted octanol–water partition coefficient (Wildman–Crippen LogP) is 5.45. The first-order chi connectivity index (χ1) is 14.5. The van der Waals surface area contributed by atoms with Crippen LogP contribution in [0.5, 0.6) is 0 Å². The SMILES string of the molecule is NC(=O)c1c(CCc2ccc(-c3ccc(Cl)cc3)o2)n[nH]c1Cc1cccc(Cl)c1. The average molecular weight is 440 g/mol. The van der Waals surface area contributed by atoms with Crippen molar-refractivity contribution < 1.29 is 9.21 Å². The fourth-order valence-electron chi connectivity index (χ4n) is 3.39. The Morgan fingerprint density at radius 3 is 2.53 bits per heavy atom. The first-order valence-corrected chi connectivity index (χ1v) is 10.2. The number of nitrogens with one attached hydrogen (secondary N) is 1. The number of aryl methyl sites for hydroxylation is 2. The Kier molecular flexibility index (Phi) is 5.93. The smallest absolute Gasteiger partial charge is 0.252 e. The maximum Gasteiger partial charge on any atom is 0.252 e. The van der Waals surface area contributed by atoms with Gasteiger partial charge in [-0.25, -0.2) is 0 Å². The average Bonchev–Trinajstić information content (AvgIpc) is 3.34. The normalized spacial score (nSPS) is 11.0. The molecule has 7 heteroatoms. The van der Waals surface area contributed by atoms with Crippen molar-refractivity contribution in [2.75, 3.05) is 0 Å². The monoisotopic (exact) mass is 439 g/mol. The van der Waals surface area contributed by atoms with E-state index in [4.69, 9.17) is 33.4 Å². The summed E-state index contributed by atoms with van der Waals surface area (Å²) in [5.74, 6) is 1.06. The zero-order chi connectivity index (χ0) is 21.1. The van der Waals surface area contributed by atoms with E-state index in [0.717, 1.165) is 22.6 Å². The van der Waals surface area contributed by atoms with Gasteiger partial charge in [0.1, 0.15) is 11.5 Å². The van der Waals surface area contributed by atoms with Gasteiger partial charge in [0.15, 0.2) is 0 Å². The van der Waals surface area contributed by atoms with Gasteiger partial charge in [0.2, 0.25) is 0 Å². The largest absolute Gasteiger partial charge is 0.461 e. The third-order valence-electron chi connectivity index (χ3n) is 4.83. The van der Waals surface area contributed by atoms with Crippen molar-refractivity contribution in [1.82, 2.24) is 10.2 Å². The van der Waals surface area contributed by atoms with Crippen LogP contribution in [0, 0.1) is 0 Å². The van der Waals surface area contributed by atoms with Crippen molar-refractivity contribution >= 4 is 29.1 Å². The highest BCUT2D eigenvalue weighted by atomic mass is 35.5. The van der Waals surface area contributed by atoms with Crippen molar-refractivity contribution in [3.63, 3.8) is 0 Å². The van der Waals surface area contributed by atoms with Gasteiger partial charge in [-0.3, -0.25) is 9.89 Å². The Morgan fingerprint density at radius 2 is 1.80 bits per heavy atom. The summed E-state index contributed by atoms with van der Waals surface area (Å²) in [6.45, 7) is 0. The minimum atomic E-state index is -0.503. The van der Waals surface area contributed by atoms with Crippen LogP contribution in [0.3, 0.4) is 0 Å². The molecule has 3 N–H and O–H groups in total. The number of aromatic nitrogens is 2. The Morgan fingerprint density at radius 1 is 1.00 bits per heavy atom. The van der Waals surface area contributed by atoms with Crippen molar-refractivity contribution in [3.05, 3.63) is 99.0 Å². The summed E-state index contributed by atoms with van der Waals surface area (Å²) in [7, 11) is 0. The van der Waals surface area contributed by atoms with Gasteiger partial charge in [0.05, 0.1) is 17.0 Å². The number of carbonyl (C=O) groups is 1. The molecular weight excluding hydrogens is 421 g/mol. The van der Waals surface area contributed by atoms with Crippen molar-refractivity contribution in [2.24, 2.45) is 5.73 Å². The number of nitrogens with two attached hydrogens (primary N) is 1. The molecule has 4 rings (SSSR count). The van der Waals surface area contributed by atoms with Crippen LogP contribution in [0.15, 0.2) is 65.1 Å². The Balaban J connectivity index is 1.49. The maximum absolute atomic E-state index is 12.1. The van der Waals surface area contributed by atoms with Gasteiger partial charge in [-0.1, -0.05) is 35.3 Å². The molecule has 0 radical (unpaired) electrons. The second-order valence-corrected chi connectivity index (χ2v) is 7.84. The third kappa shape index (κ3) is 4.58. The van der Waals surface area contributed by atoms with E-state index in [2.05, 4.69) is 10.2 Å². The first kappa shape index (κ1) is 20.3. The highest BCUT2D eigenvalue weighted by molar-refractivity contribution is 6.30. The van der Waals surface area contributed by atoms with Crippen LogP contribution in [-0.2, 0) is 19.3 Å². The van der Waals surface area contributed by atoms with E-state index < -0.39 is 5.91 Å². The van der Waals surface area contributed by atoms with Gasteiger partial charge >= 0.3 is 0 Å². The standard InChI is InChI=1S/C23H19Cl2N3O2/c24-16-6-4-15(5-7-16)21-11-9-18(30-21)8-10-19-22(23(26)29)20(28-27-19)13-14-2-1-3-17(25)12-14/h1-7,9,11-12H,8,10,13H2,(H2,26,29)(H,27,28). The molecule has 0 atom stereocenters. The Hall–Kier alpha value is -3.02. The van der Waals surface area contributed by atoms with Crippen LogP contribution in [0.4, 0.5) is 0 Å². The summed E-state index contributed by atoms with van der Waals surface area (Å²) in [6, 6.07) is 18.8. The molecule has 0 saturated carbocycles. The van der Waals surface area contributed by atoms with Crippen LogP contribution >= 0.6 is 23.2 Å². The predicted molar refractivity (Wildman–Crippen MR) is 118 cm³/mol. The van der Waals surface area contributed by atoms with Crippen molar-refractivity contribution in [3.8, 4) is 11.3 Å². The van der Waals surface area contributed by atoms with E-state index in [1.54, 1.807) is 6.07 Å². The molecule has 0 saturated heterocycles. The second-order valence-electron chi connectivity index (χ2n) is 6.97. The van der Waals surface area contributed by atoms with Gasteiger partial charge in [-0.05, 0) is 60.5 Å². The number of H-pyrrole nitrogens is 1. The number of halogens is 2. The number of rotatable bonds is 7. The summed E-state index contributed by atoms with van der Waals surface area (Å²) in [4.78, 5) is 12.1. The molecule has 0 unspecified atom stereocenters. The van der Waals surface area contributed by atoms with Crippen molar-refractivity contribution in [2.45, 2.75) is 19.3 Å². The molecule has 152 valence electrons. The number of amides is 1. The number of hydrogen-bond donors (Lipinski definition) is 2. The molecule has 2 heterocycles. The quantitative estimate of drug-likeness (QED) is 0.401. The molecule has 2 aromatic carbocycles. The number of furan rings is 1. The highest BCUT2D eigenvalue weighted by Crippen LogP contribution is 2.25. The zero-order valence-electron chi connectivity index (χ0n) is 16.0. The molecule has 0 aliphatic carbocycles. The highest BCUT2D eigenvalue weighted by Gasteiger charge is 2.19. The minimum absolute atomic E-state index is 0.430. The van der Waals surface area contributed by atoms with E-state index in [9.17, 15) is 4.79 Å². The molecule has 0 bridgehead atoms. The van der Waals surface area contributed by atoms with Gasteiger partial charge in [-0.15, -0.1) is 0 Å².